The lowest BCUT2D eigenvalue weighted by atomic mass is 10.3. The summed E-state index contributed by atoms with van der Waals surface area (Å²) in [5.41, 5.74) is 1.18. The van der Waals surface area contributed by atoms with Crippen LogP contribution in [0, 0.1) is 0 Å². The first-order valence-electron chi connectivity index (χ1n) is 8.40. The molecule has 9 heteroatoms. The molecule has 1 aromatic carbocycles. The molecule has 0 spiro atoms. The zero-order valence-electron chi connectivity index (χ0n) is 14.5. The first-order valence-corrected chi connectivity index (χ1v) is 10.7. The number of nitrogens with zero attached hydrogens (tertiary/aromatic N) is 2. The van der Waals surface area contributed by atoms with Crippen molar-refractivity contribution in [1.82, 2.24) is 9.29 Å². The average Bonchev–Trinajstić information content (AvgIpc) is 3.10. The molecular weight excluding hydrogens is 374 g/mol. The highest BCUT2D eigenvalue weighted by atomic mass is 32.2. The van der Waals surface area contributed by atoms with Crippen molar-refractivity contribution >= 4 is 33.0 Å². The number of aryl methyl sites for hydroxylation is 1. The van der Waals surface area contributed by atoms with E-state index in [1.165, 1.54) is 27.8 Å². The van der Waals surface area contributed by atoms with E-state index in [4.69, 9.17) is 4.74 Å². The van der Waals surface area contributed by atoms with Crippen LogP contribution in [0.1, 0.15) is 17.6 Å². The fourth-order valence-corrected chi connectivity index (χ4v) is 4.83. The van der Waals surface area contributed by atoms with Crippen molar-refractivity contribution < 1.29 is 17.9 Å². The predicted molar refractivity (Wildman–Crippen MR) is 99.8 cm³/mol. The molecule has 0 unspecified atom stereocenters. The molecule has 0 atom stereocenters. The van der Waals surface area contributed by atoms with Gasteiger partial charge < -0.3 is 10.1 Å². The summed E-state index contributed by atoms with van der Waals surface area (Å²) in [4.78, 5) is 16.8. The van der Waals surface area contributed by atoms with Crippen LogP contribution in [-0.2, 0) is 32.4 Å². The van der Waals surface area contributed by atoms with Gasteiger partial charge in [0, 0.05) is 24.2 Å². The van der Waals surface area contributed by atoms with Crippen molar-refractivity contribution in [3.8, 4) is 0 Å². The molecule has 2 heterocycles. The second-order valence-corrected chi connectivity index (χ2v) is 8.74. The van der Waals surface area contributed by atoms with Crippen LogP contribution in [0.25, 0.3) is 0 Å². The number of ether oxygens (including phenoxy) is 1. The molecule has 0 bridgehead atoms. The van der Waals surface area contributed by atoms with Crippen LogP contribution >= 0.6 is 11.3 Å². The van der Waals surface area contributed by atoms with Gasteiger partial charge >= 0.3 is 0 Å². The highest BCUT2D eigenvalue weighted by Crippen LogP contribution is 2.21. The number of carbonyl (C=O) groups is 1. The van der Waals surface area contributed by atoms with Gasteiger partial charge in [-0.05, 0) is 24.6 Å². The van der Waals surface area contributed by atoms with E-state index in [1.54, 1.807) is 12.1 Å². The largest absolute Gasteiger partial charge is 0.379 e. The Labute approximate surface area is 157 Å². The maximum absolute atomic E-state index is 12.7. The molecule has 1 N–H and O–H groups in total. The van der Waals surface area contributed by atoms with E-state index in [-0.39, 0.29) is 17.2 Å². The van der Waals surface area contributed by atoms with Gasteiger partial charge in [0.1, 0.15) is 0 Å². The van der Waals surface area contributed by atoms with E-state index in [0.29, 0.717) is 32.0 Å². The molecule has 26 heavy (non-hydrogen) atoms. The average molecular weight is 396 g/mol. The molecule has 0 radical (unpaired) electrons. The highest BCUT2D eigenvalue weighted by molar-refractivity contribution is 7.89. The zero-order valence-corrected chi connectivity index (χ0v) is 16.1. The first-order chi connectivity index (χ1) is 12.5. The summed E-state index contributed by atoms with van der Waals surface area (Å²) in [7, 11) is -3.59. The third-order valence-corrected chi connectivity index (χ3v) is 6.91. The van der Waals surface area contributed by atoms with Gasteiger partial charge in [0.25, 0.3) is 0 Å². The Hall–Kier alpha value is -1.81. The predicted octanol–water partition coefficient (Wildman–Crippen LogP) is 1.91. The number of morpholine rings is 1. The lowest BCUT2D eigenvalue weighted by Gasteiger charge is -2.26. The molecule has 2 aromatic rings. The van der Waals surface area contributed by atoms with Gasteiger partial charge in [-0.2, -0.15) is 4.31 Å². The van der Waals surface area contributed by atoms with Gasteiger partial charge in [0.05, 0.1) is 35.2 Å². The van der Waals surface area contributed by atoms with Crippen molar-refractivity contribution in [3.63, 3.8) is 0 Å². The Balaban J connectivity index is 1.69. The van der Waals surface area contributed by atoms with E-state index in [9.17, 15) is 13.2 Å². The molecule has 1 aromatic heterocycles. The fraction of sp³-hybridized carbons (Fsp3) is 0.412. The third kappa shape index (κ3) is 4.47. The Kier molecular flexibility index (Phi) is 6.02. The van der Waals surface area contributed by atoms with E-state index >= 15 is 0 Å². The summed E-state index contributed by atoms with van der Waals surface area (Å²) < 4.78 is 32.0. The van der Waals surface area contributed by atoms with Crippen molar-refractivity contribution in [2.24, 2.45) is 0 Å². The fourth-order valence-electron chi connectivity index (χ4n) is 2.63. The van der Waals surface area contributed by atoms with Crippen LogP contribution in [0.5, 0.6) is 0 Å². The number of thiazole rings is 1. The maximum Gasteiger partial charge on any atom is 0.243 e. The molecule has 0 aliphatic carbocycles. The Morgan fingerprint density at radius 2 is 2.12 bits per heavy atom. The molecule has 1 saturated heterocycles. The van der Waals surface area contributed by atoms with Crippen molar-refractivity contribution in [1.29, 1.82) is 0 Å². The monoisotopic (exact) mass is 395 g/mol. The van der Waals surface area contributed by atoms with E-state index < -0.39 is 10.0 Å². The van der Waals surface area contributed by atoms with Crippen LogP contribution in [-0.4, -0.2) is 49.9 Å². The standard InChI is InChI=1S/C17H21N3O4S2/c1-2-17-19-14(12-25-17)11-16(21)18-13-4-3-5-15(10-13)26(22,23)20-6-8-24-9-7-20/h3-5,10,12H,2,6-9,11H2,1H3,(H,18,21). The number of carbonyl (C=O) groups excluding carboxylic acids is 1. The minimum atomic E-state index is -3.59. The summed E-state index contributed by atoms with van der Waals surface area (Å²) in [6, 6.07) is 6.32. The summed E-state index contributed by atoms with van der Waals surface area (Å²) >= 11 is 1.53. The minimum absolute atomic E-state index is 0.164. The van der Waals surface area contributed by atoms with Crippen LogP contribution in [0.4, 0.5) is 5.69 Å². The summed E-state index contributed by atoms with van der Waals surface area (Å²) in [5, 5.41) is 5.62. The lowest BCUT2D eigenvalue weighted by molar-refractivity contribution is -0.115. The van der Waals surface area contributed by atoms with Gasteiger partial charge in [-0.3, -0.25) is 4.79 Å². The highest BCUT2D eigenvalue weighted by Gasteiger charge is 2.26. The van der Waals surface area contributed by atoms with Crippen LogP contribution in [0.3, 0.4) is 0 Å². The summed E-state index contributed by atoms with van der Waals surface area (Å²) in [6.45, 7) is 3.47. The van der Waals surface area contributed by atoms with Gasteiger partial charge in [-0.1, -0.05) is 13.0 Å². The van der Waals surface area contributed by atoms with Crippen LogP contribution in [0.2, 0.25) is 0 Å². The van der Waals surface area contributed by atoms with Crippen LogP contribution < -0.4 is 5.32 Å². The molecular formula is C17H21N3O4S2. The number of amides is 1. The summed E-state index contributed by atoms with van der Waals surface area (Å²) in [5.74, 6) is -0.223. The smallest absolute Gasteiger partial charge is 0.243 e. The van der Waals surface area contributed by atoms with E-state index in [2.05, 4.69) is 10.3 Å². The van der Waals surface area contributed by atoms with Gasteiger partial charge in [0.15, 0.2) is 0 Å². The summed E-state index contributed by atoms with van der Waals surface area (Å²) in [6.07, 6.45) is 1.00. The van der Waals surface area contributed by atoms with E-state index in [1.807, 2.05) is 12.3 Å². The SMILES string of the molecule is CCc1nc(CC(=O)Nc2cccc(S(=O)(=O)N3CCOCC3)c2)cs1. The second-order valence-electron chi connectivity index (χ2n) is 5.86. The first kappa shape index (κ1) is 19.0. The maximum atomic E-state index is 12.7. The molecule has 1 aliphatic rings. The van der Waals surface area contributed by atoms with Crippen molar-refractivity contribution in [3.05, 3.63) is 40.3 Å². The Bertz CT molecular complexity index is 874. The van der Waals surface area contributed by atoms with Gasteiger partial charge in [-0.25, -0.2) is 13.4 Å². The number of anilines is 1. The minimum Gasteiger partial charge on any atom is -0.379 e. The van der Waals surface area contributed by atoms with Crippen LogP contribution in [0.15, 0.2) is 34.5 Å². The van der Waals surface area contributed by atoms with Crippen molar-refractivity contribution in [2.45, 2.75) is 24.7 Å². The number of hydrogen-bond donors (Lipinski definition) is 1. The molecule has 1 fully saturated rings. The Morgan fingerprint density at radius 3 is 2.81 bits per heavy atom. The van der Waals surface area contributed by atoms with Gasteiger partial charge in [0.2, 0.25) is 15.9 Å². The van der Waals surface area contributed by atoms with E-state index in [0.717, 1.165) is 17.1 Å². The lowest BCUT2D eigenvalue weighted by Crippen LogP contribution is -2.40. The molecule has 7 nitrogen and oxygen atoms in total. The molecule has 140 valence electrons. The number of aromatic nitrogens is 1. The van der Waals surface area contributed by atoms with Crippen molar-refractivity contribution in [2.75, 3.05) is 31.6 Å². The Morgan fingerprint density at radius 1 is 1.35 bits per heavy atom. The number of sulfonamides is 1. The number of benzene rings is 1. The molecule has 0 saturated carbocycles. The topological polar surface area (TPSA) is 88.6 Å². The van der Waals surface area contributed by atoms with Gasteiger partial charge in [-0.15, -0.1) is 11.3 Å². The number of hydrogen-bond acceptors (Lipinski definition) is 6. The quantitative estimate of drug-likeness (QED) is 0.807. The number of rotatable bonds is 6. The number of nitrogens with one attached hydrogen (secondary N) is 1. The molecule has 3 rings (SSSR count). The molecule has 1 aliphatic heterocycles. The third-order valence-electron chi connectivity index (χ3n) is 3.97. The second kappa shape index (κ2) is 8.26. The molecule has 1 amide bonds. The normalized spacial score (nSPS) is 15.7. The zero-order chi connectivity index (χ0) is 18.6.